The first kappa shape index (κ1) is 32.5. The van der Waals surface area contributed by atoms with Gasteiger partial charge in [0, 0.05) is 24.2 Å². The molecule has 3 N–H and O–H groups in total. The molecule has 0 spiro atoms. The van der Waals surface area contributed by atoms with Crippen LogP contribution in [0.3, 0.4) is 0 Å². The first-order chi connectivity index (χ1) is 17.7. The SMILES string of the molecule is C=C[C@@]1(C)CC(=O)[C@]2(O)C3(C)C(C(O)C(OC(=O)CCCCN4CCCCC4)[C@@]2(C)O1)C(C)(C)CC[C@@H]3O.Cl. The fourth-order valence-corrected chi connectivity index (χ4v) is 8.47. The molecule has 4 fully saturated rings. The molecular formula is C30H50ClNO7. The van der Waals surface area contributed by atoms with E-state index in [1.54, 1.807) is 20.8 Å². The van der Waals surface area contributed by atoms with Gasteiger partial charge in [0.1, 0.15) is 5.60 Å². The lowest BCUT2D eigenvalue weighted by atomic mass is 9.40. The van der Waals surface area contributed by atoms with Crippen molar-refractivity contribution in [3.8, 4) is 0 Å². The van der Waals surface area contributed by atoms with E-state index >= 15 is 0 Å². The number of fused-ring (bicyclic) bond motifs is 3. The van der Waals surface area contributed by atoms with E-state index in [9.17, 15) is 24.9 Å². The van der Waals surface area contributed by atoms with Crippen LogP contribution < -0.4 is 0 Å². The topological polar surface area (TPSA) is 117 Å². The summed E-state index contributed by atoms with van der Waals surface area (Å²) >= 11 is 0. The standard InChI is InChI=1S/C30H49NO7.ClH/c1-7-27(4)19-21(33)30(36)28(5)20(32)14-15-26(2,3)24(28)23(35)25(29(30,6)38-27)37-22(34)13-9-12-18-31-16-10-8-11-17-31;/h7,20,23-25,32,35-36H,1,8-19H2,2-6H3;1H/t20-,23?,24?,25?,27-,28?,29+,30-;/m0./s1. The van der Waals surface area contributed by atoms with Crippen LogP contribution in [-0.4, -0.2) is 86.7 Å². The van der Waals surface area contributed by atoms with Crippen LogP contribution in [0.1, 0.15) is 92.4 Å². The van der Waals surface area contributed by atoms with E-state index in [1.165, 1.54) is 25.3 Å². The van der Waals surface area contributed by atoms with Gasteiger partial charge in [-0.2, -0.15) is 0 Å². The minimum Gasteiger partial charge on any atom is -0.456 e. The number of carbonyl (C=O) groups excluding carboxylic acids is 2. The van der Waals surface area contributed by atoms with Crippen LogP contribution >= 0.6 is 12.4 Å². The second-order valence-electron chi connectivity index (χ2n) is 13.6. The van der Waals surface area contributed by atoms with Gasteiger partial charge in [-0.05, 0) is 77.4 Å². The van der Waals surface area contributed by atoms with Gasteiger partial charge in [0.2, 0.25) is 0 Å². The number of piperidine rings is 1. The number of aliphatic hydroxyl groups is 3. The Morgan fingerprint density at radius 2 is 1.77 bits per heavy atom. The third-order valence-electron chi connectivity index (χ3n) is 10.5. The number of hydrogen-bond donors (Lipinski definition) is 3. The third kappa shape index (κ3) is 5.12. The molecule has 8 nitrogen and oxygen atoms in total. The molecule has 4 aliphatic rings. The zero-order chi connectivity index (χ0) is 28.1. The lowest BCUT2D eigenvalue weighted by Gasteiger charge is -2.71. The molecule has 2 aliphatic heterocycles. The highest BCUT2D eigenvalue weighted by atomic mass is 35.5. The molecule has 0 aromatic carbocycles. The molecule has 2 aliphatic carbocycles. The summed E-state index contributed by atoms with van der Waals surface area (Å²) < 4.78 is 12.5. The largest absolute Gasteiger partial charge is 0.456 e. The molecule has 0 amide bonds. The van der Waals surface area contributed by atoms with Crippen molar-refractivity contribution in [2.75, 3.05) is 19.6 Å². The number of unbranched alkanes of at least 4 members (excludes halogenated alkanes) is 1. The van der Waals surface area contributed by atoms with E-state index in [2.05, 4.69) is 11.5 Å². The van der Waals surface area contributed by atoms with Crippen LogP contribution in [0.4, 0.5) is 0 Å². The van der Waals surface area contributed by atoms with Crippen LogP contribution in [0, 0.1) is 16.7 Å². The fourth-order valence-electron chi connectivity index (χ4n) is 8.47. The molecule has 8 atom stereocenters. The Balaban J connectivity index is 0.00000420. The van der Waals surface area contributed by atoms with Crippen molar-refractivity contribution in [2.24, 2.45) is 16.7 Å². The maximum atomic E-state index is 13.9. The molecule has 9 heteroatoms. The van der Waals surface area contributed by atoms with Crippen molar-refractivity contribution in [2.45, 2.75) is 128 Å². The van der Waals surface area contributed by atoms with Crippen molar-refractivity contribution in [1.29, 1.82) is 0 Å². The number of halogens is 1. The normalized spacial score (nSPS) is 43.9. The van der Waals surface area contributed by atoms with E-state index in [0.29, 0.717) is 19.3 Å². The fraction of sp³-hybridized carbons (Fsp3) is 0.867. The van der Waals surface area contributed by atoms with Crippen molar-refractivity contribution in [1.82, 2.24) is 4.90 Å². The Hall–Kier alpha value is -1.03. The highest BCUT2D eigenvalue weighted by Gasteiger charge is 2.81. The highest BCUT2D eigenvalue weighted by Crippen LogP contribution is 2.67. The average molecular weight is 572 g/mol. The van der Waals surface area contributed by atoms with Crippen molar-refractivity contribution in [3.05, 3.63) is 12.7 Å². The lowest BCUT2D eigenvalue weighted by Crippen LogP contribution is -2.86. The second kappa shape index (κ2) is 11.3. The number of rotatable bonds is 7. The van der Waals surface area contributed by atoms with Gasteiger partial charge in [-0.25, -0.2) is 0 Å². The first-order valence-corrected chi connectivity index (χ1v) is 14.5. The molecule has 39 heavy (non-hydrogen) atoms. The molecule has 2 heterocycles. The molecule has 4 unspecified atom stereocenters. The molecular weight excluding hydrogens is 522 g/mol. The smallest absolute Gasteiger partial charge is 0.306 e. The zero-order valence-corrected chi connectivity index (χ0v) is 25.2. The molecule has 4 rings (SSSR count). The minimum absolute atomic E-state index is 0. The van der Waals surface area contributed by atoms with Gasteiger partial charge in [0.05, 0.1) is 17.8 Å². The van der Waals surface area contributed by atoms with Crippen LogP contribution in [-0.2, 0) is 19.1 Å². The van der Waals surface area contributed by atoms with Crippen molar-refractivity contribution in [3.63, 3.8) is 0 Å². The van der Waals surface area contributed by atoms with Gasteiger partial charge in [-0.1, -0.05) is 33.3 Å². The van der Waals surface area contributed by atoms with Gasteiger partial charge in [0.15, 0.2) is 17.5 Å². The number of likely N-dealkylation sites (tertiary alicyclic amines) is 1. The lowest BCUT2D eigenvalue weighted by molar-refractivity contribution is -0.370. The summed E-state index contributed by atoms with van der Waals surface area (Å²) in [6.45, 7) is 15.8. The summed E-state index contributed by atoms with van der Waals surface area (Å²) in [6, 6.07) is 0. The van der Waals surface area contributed by atoms with E-state index in [0.717, 1.165) is 26.1 Å². The van der Waals surface area contributed by atoms with Gasteiger partial charge < -0.3 is 29.7 Å². The quantitative estimate of drug-likeness (QED) is 0.241. The zero-order valence-electron chi connectivity index (χ0n) is 24.4. The molecule has 0 aromatic heterocycles. The monoisotopic (exact) mass is 571 g/mol. The van der Waals surface area contributed by atoms with Gasteiger partial charge in [-0.15, -0.1) is 19.0 Å². The predicted molar refractivity (Wildman–Crippen MR) is 151 cm³/mol. The number of hydrogen-bond acceptors (Lipinski definition) is 8. The number of Topliss-reactive ketones (excluding diaryl/α,β-unsaturated/α-hetero) is 1. The highest BCUT2D eigenvalue weighted by molar-refractivity contribution is 5.92. The average Bonchev–Trinajstić information content (AvgIpc) is 2.85. The molecule has 2 saturated carbocycles. The number of ketones is 1. The van der Waals surface area contributed by atoms with E-state index in [-0.39, 0.29) is 25.2 Å². The number of carbonyl (C=O) groups is 2. The molecule has 0 radical (unpaired) electrons. The maximum Gasteiger partial charge on any atom is 0.306 e. The third-order valence-corrected chi connectivity index (χ3v) is 10.5. The maximum absolute atomic E-state index is 13.9. The summed E-state index contributed by atoms with van der Waals surface area (Å²) in [5, 5.41) is 35.7. The summed E-state index contributed by atoms with van der Waals surface area (Å²) in [5.41, 5.74) is -7.07. The number of ether oxygens (including phenoxy) is 2. The van der Waals surface area contributed by atoms with E-state index in [1.807, 2.05) is 13.8 Å². The molecule has 224 valence electrons. The number of nitrogens with zero attached hydrogens (tertiary/aromatic N) is 1. The van der Waals surface area contributed by atoms with Crippen molar-refractivity contribution >= 4 is 24.2 Å². The van der Waals surface area contributed by atoms with Crippen molar-refractivity contribution < 1.29 is 34.4 Å². The Kier molecular flexibility index (Phi) is 9.44. The van der Waals surface area contributed by atoms with Gasteiger partial charge in [0.25, 0.3) is 0 Å². The van der Waals surface area contributed by atoms with Gasteiger partial charge >= 0.3 is 5.97 Å². The Labute approximate surface area is 239 Å². The summed E-state index contributed by atoms with van der Waals surface area (Å²) in [4.78, 5) is 29.5. The van der Waals surface area contributed by atoms with E-state index in [4.69, 9.17) is 9.47 Å². The molecule has 0 aromatic rings. The Bertz CT molecular complexity index is 938. The number of esters is 1. The van der Waals surface area contributed by atoms with Crippen LogP contribution in [0.5, 0.6) is 0 Å². The summed E-state index contributed by atoms with van der Waals surface area (Å²) in [7, 11) is 0. The minimum atomic E-state index is -2.19. The second-order valence-corrected chi connectivity index (χ2v) is 13.6. The van der Waals surface area contributed by atoms with Crippen LogP contribution in [0.15, 0.2) is 12.7 Å². The first-order valence-electron chi connectivity index (χ1n) is 14.5. The van der Waals surface area contributed by atoms with E-state index < -0.39 is 63.6 Å². The Morgan fingerprint density at radius 3 is 2.38 bits per heavy atom. The van der Waals surface area contributed by atoms with Gasteiger partial charge in [-0.3, -0.25) is 9.59 Å². The Morgan fingerprint density at radius 1 is 1.13 bits per heavy atom. The molecule has 2 saturated heterocycles. The summed E-state index contributed by atoms with van der Waals surface area (Å²) in [6.07, 6.45) is 4.14. The molecule has 0 bridgehead atoms. The van der Waals surface area contributed by atoms with Crippen LogP contribution in [0.2, 0.25) is 0 Å². The number of aliphatic hydroxyl groups excluding tert-OH is 2. The predicted octanol–water partition coefficient (Wildman–Crippen LogP) is 3.58. The summed E-state index contributed by atoms with van der Waals surface area (Å²) in [5.74, 6) is -1.70. The van der Waals surface area contributed by atoms with Crippen LogP contribution in [0.25, 0.3) is 0 Å².